The highest BCUT2D eigenvalue weighted by Crippen LogP contribution is 2.31. The maximum atomic E-state index is 5.64. The fourth-order valence-electron chi connectivity index (χ4n) is 3.80. The summed E-state index contributed by atoms with van der Waals surface area (Å²) in [6, 6.07) is 26.2. The van der Waals surface area contributed by atoms with Crippen molar-refractivity contribution in [3.8, 4) is 0 Å². The zero-order valence-electron chi connectivity index (χ0n) is 15.2. The molecular formula is C25H24O. The lowest BCUT2D eigenvalue weighted by Gasteiger charge is -2.21. The zero-order valence-corrected chi connectivity index (χ0v) is 15.2. The van der Waals surface area contributed by atoms with E-state index in [9.17, 15) is 0 Å². The van der Waals surface area contributed by atoms with Crippen LogP contribution >= 0.6 is 0 Å². The summed E-state index contributed by atoms with van der Waals surface area (Å²) in [6.07, 6.45) is 6.29. The zero-order chi connectivity index (χ0) is 17.8. The van der Waals surface area contributed by atoms with Gasteiger partial charge in [-0.15, -0.1) is 0 Å². The maximum absolute atomic E-state index is 5.64. The van der Waals surface area contributed by atoms with Gasteiger partial charge in [0.25, 0.3) is 0 Å². The van der Waals surface area contributed by atoms with E-state index in [-0.39, 0.29) is 0 Å². The van der Waals surface area contributed by atoms with Crippen LogP contribution in [-0.2, 0) is 24.0 Å². The quantitative estimate of drug-likeness (QED) is 0.570. The molecule has 1 heteroatoms. The van der Waals surface area contributed by atoms with Crippen LogP contribution in [0.15, 0.2) is 78.9 Å². The number of methoxy groups -OCH3 is 1. The van der Waals surface area contributed by atoms with E-state index < -0.39 is 0 Å². The first-order chi connectivity index (χ1) is 12.8. The summed E-state index contributed by atoms with van der Waals surface area (Å²) >= 11 is 0. The normalized spacial score (nSPS) is 13.0. The average Bonchev–Trinajstić information content (AvgIpc) is 2.69. The number of hydrogen-bond donors (Lipinski definition) is 0. The Labute approximate surface area is 156 Å². The largest absolute Gasteiger partial charge is 0.496 e. The monoisotopic (exact) mass is 340 g/mol. The molecule has 26 heavy (non-hydrogen) atoms. The topological polar surface area (TPSA) is 9.23 Å². The van der Waals surface area contributed by atoms with Gasteiger partial charge in [-0.2, -0.15) is 0 Å². The molecule has 0 bridgehead atoms. The van der Waals surface area contributed by atoms with E-state index in [0.717, 1.165) is 31.4 Å². The van der Waals surface area contributed by atoms with E-state index in [0.29, 0.717) is 0 Å². The summed E-state index contributed by atoms with van der Waals surface area (Å²) in [5, 5.41) is 0. The molecule has 3 aromatic carbocycles. The maximum Gasteiger partial charge on any atom is 0.122 e. The predicted molar refractivity (Wildman–Crippen MR) is 108 cm³/mol. The van der Waals surface area contributed by atoms with Crippen LogP contribution in [0.1, 0.15) is 39.8 Å². The lowest BCUT2D eigenvalue weighted by molar-refractivity contribution is 0.366. The number of hydrogen-bond acceptors (Lipinski definition) is 1. The predicted octanol–water partition coefficient (Wildman–Crippen LogP) is 5.80. The van der Waals surface area contributed by atoms with Gasteiger partial charge in [0.05, 0.1) is 7.11 Å². The molecular weight excluding hydrogens is 316 g/mol. The van der Waals surface area contributed by atoms with Crippen molar-refractivity contribution in [1.82, 2.24) is 0 Å². The number of allylic oxidation sites excluding steroid dienone is 1. The highest BCUT2D eigenvalue weighted by atomic mass is 16.5. The van der Waals surface area contributed by atoms with Crippen molar-refractivity contribution in [2.24, 2.45) is 0 Å². The second-order valence-corrected chi connectivity index (χ2v) is 6.91. The number of ether oxygens (including phenoxy) is 1. The third kappa shape index (κ3) is 3.57. The standard InChI is InChI=1S/C25H24O/c1-26-25-14-8-13-21-17-22(15-19-9-4-2-5-10-19)23(18-24(21)25)16-20-11-6-3-7-12-20/h2-7,9-12,14,17-18H,8,13,15-16H2,1H3. The van der Waals surface area contributed by atoms with Gasteiger partial charge in [-0.25, -0.2) is 0 Å². The average molecular weight is 340 g/mol. The molecule has 0 unspecified atom stereocenters. The molecule has 0 N–H and O–H groups in total. The second-order valence-electron chi connectivity index (χ2n) is 6.91. The fourth-order valence-corrected chi connectivity index (χ4v) is 3.80. The second kappa shape index (κ2) is 7.61. The van der Waals surface area contributed by atoms with Crippen molar-refractivity contribution in [2.75, 3.05) is 7.11 Å². The minimum atomic E-state index is 0.952. The van der Waals surface area contributed by atoms with Crippen LogP contribution in [0.5, 0.6) is 0 Å². The Bertz CT molecular complexity index is 908. The number of fused-ring (bicyclic) bond motifs is 1. The van der Waals surface area contributed by atoms with E-state index in [2.05, 4.69) is 78.9 Å². The van der Waals surface area contributed by atoms with Gasteiger partial charge in [0.15, 0.2) is 0 Å². The number of benzene rings is 3. The van der Waals surface area contributed by atoms with Crippen LogP contribution in [-0.4, -0.2) is 7.11 Å². The van der Waals surface area contributed by atoms with Crippen molar-refractivity contribution < 1.29 is 4.74 Å². The Morgan fingerprint density at radius 1 is 0.769 bits per heavy atom. The summed E-state index contributed by atoms with van der Waals surface area (Å²) in [4.78, 5) is 0. The molecule has 1 aliphatic rings. The Kier molecular flexibility index (Phi) is 4.88. The smallest absolute Gasteiger partial charge is 0.122 e. The van der Waals surface area contributed by atoms with Crippen molar-refractivity contribution in [2.45, 2.75) is 25.7 Å². The fraction of sp³-hybridized carbons (Fsp3) is 0.200. The summed E-state index contributed by atoms with van der Waals surface area (Å²) in [7, 11) is 1.77. The van der Waals surface area contributed by atoms with E-state index in [1.54, 1.807) is 7.11 Å². The van der Waals surface area contributed by atoms with Crippen molar-refractivity contribution in [3.63, 3.8) is 0 Å². The minimum absolute atomic E-state index is 0.952. The van der Waals surface area contributed by atoms with Gasteiger partial charge in [0.2, 0.25) is 0 Å². The summed E-state index contributed by atoms with van der Waals surface area (Å²) in [6.45, 7) is 0. The molecule has 1 aliphatic carbocycles. The Morgan fingerprint density at radius 2 is 1.35 bits per heavy atom. The third-order valence-corrected chi connectivity index (χ3v) is 5.13. The van der Waals surface area contributed by atoms with Crippen molar-refractivity contribution >= 4 is 5.76 Å². The highest BCUT2D eigenvalue weighted by molar-refractivity contribution is 5.67. The van der Waals surface area contributed by atoms with Gasteiger partial charge in [0.1, 0.15) is 5.76 Å². The van der Waals surface area contributed by atoms with E-state index in [1.165, 1.54) is 33.4 Å². The molecule has 0 fully saturated rings. The lowest BCUT2D eigenvalue weighted by Crippen LogP contribution is -2.06. The molecule has 0 atom stereocenters. The first-order valence-corrected chi connectivity index (χ1v) is 9.30. The van der Waals surface area contributed by atoms with Crippen LogP contribution in [0, 0.1) is 0 Å². The van der Waals surface area contributed by atoms with Crippen LogP contribution in [0.2, 0.25) is 0 Å². The number of aryl methyl sites for hydroxylation is 1. The van der Waals surface area contributed by atoms with Crippen molar-refractivity contribution in [1.29, 1.82) is 0 Å². The first-order valence-electron chi connectivity index (χ1n) is 9.30. The van der Waals surface area contributed by atoms with Gasteiger partial charge in [-0.05, 0) is 65.6 Å². The van der Waals surface area contributed by atoms with E-state index in [4.69, 9.17) is 4.74 Å². The molecule has 0 saturated heterocycles. The molecule has 1 nitrogen and oxygen atoms in total. The van der Waals surface area contributed by atoms with Gasteiger partial charge < -0.3 is 4.74 Å². The van der Waals surface area contributed by atoms with E-state index in [1.807, 2.05) is 0 Å². The molecule has 0 saturated carbocycles. The lowest BCUT2D eigenvalue weighted by atomic mass is 9.87. The number of rotatable bonds is 5. The molecule has 0 heterocycles. The molecule has 0 aliphatic heterocycles. The summed E-state index contributed by atoms with van der Waals surface area (Å²) in [5.74, 6) is 1.02. The van der Waals surface area contributed by atoms with Crippen LogP contribution < -0.4 is 0 Å². The minimum Gasteiger partial charge on any atom is -0.496 e. The molecule has 130 valence electrons. The first kappa shape index (κ1) is 16.7. The van der Waals surface area contributed by atoms with E-state index >= 15 is 0 Å². The Balaban J connectivity index is 1.76. The Morgan fingerprint density at radius 3 is 1.92 bits per heavy atom. The highest BCUT2D eigenvalue weighted by Gasteiger charge is 2.17. The van der Waals surface area contributed by atoms with Gasteiger partial charge >= 0.3 is 0 Å². The van der Waals surface area contributed by atoms with Crippen LogP contribution in [0.3, 0.4) is 0 Å². The molecule has 4 rings (SSSR count). The summed E-state index contributed by atoms with van der Waals surface area (Å²) < 4.78 is 5.64. The molecule has 0 spiro atoms. The molecule has 0 radical (unpaired) electrons. The Hall–Kier alpha value is -2.80. The SMILES string of the molecule is COC1=CCCc2cc(Cc3ccccc3)c(Cc3ccccc3)cc21. The van der Waals surface area contributed by atoms with Crippen LogP contribution in [0.25, 0.3) is 5.76 Å². The summed E-state index contributed by atoms with van der Waals surface area (Å²) in [5.41, 5.74) is 8.20. The van der Waals surface area contributed by atoms with Crippen LogP contribution in [0.4, 0.5) is 0 Å². The van der Waals surface area contributed by atoms with Gasteiger partial charge in [-0.1, -0.05) is 66.7 Å². The van der Waals surface area contributed by atoms with Crippen molar-refractivity contribution in [3.05, 3.63) is 112 Å². The van der Waals surface area contributed by atoms with Gasteiger partial charge in [0, 0.05) is 5.56 Å². The van der Waals surface area contributed by atoms with Gasteiger partial charge in [-0.3, -0.25) is 0 Å². The molecule has 0 aromatic heterocycles. The molecule has 3 aromatic rings. The molecule has 0 amide bonds. The third-order valence-electron chi connectivity index (χ3n) is 5.13.